The molecule has 1 atom stereocenters. The molecule has 1 aliphatic rings. The fourth-order valence-electron chi connectivity index (χ4n) is 1.60. The lowest BCUT2D eigenvalue weighted by molar-refractivity contribution is 0.784. The van der Waals surface area contributed by atoms with E-state index in [9.17, 15) is 0 Å². The van der Waals surface area contributed by atoms with Gasteiger partial charge in [-0.15, -0.1) is 0 Å². The van der Waals surface area contributed by atoms with Crippen LogP contribution < -0.4 is 10.6 Å². The molecule has 0 spiro atoms. The molecule has 4 nitrogen and oxygen atoms in total. The summed E-state index contributed by atoms with van der Waals surface area (Å²) in [7, 11) is 0. The van der Waals surface area contributed by atoms with E-state index in [1.54, 1.807) is 6.20 Å². The van der Waals surface area contributed by atoms with Gasteiger partial charge in [0.15, 0.2) is 0 Å². The molecule has 4 heteroatoms. The van der Waals surface area contributed by atoms with Crippen LogP contribution in [0.2, 0.25) is 0 Å². The van der Waals surface area contributed by atoms with E-state index in [1.165, 1.54) is 0 Å². The highest BCUT2D eigenvalue weighted by atomic mass is 15.1. The van der Waals surface area contributed by atoms with E-state index in [0.29, 0.717) is 6.04 Å². The standard InChI is InChI=1S/C10H16N4/c1-7-8(2)13-10(6-12-7)14-9-3-4-11-5-9/h6,9,11H,3-5H2,1-2H3,(H,13,14). The van der Waals surface area contributed by atoms with Crippen LogP contribution in [0.15, 0.2) is 6.20 Å². The monoisotopic (exact) mass is 192 g/mol. The first-order valence-electron chi connectivity index (χ1n) is 5.03. The minimum atomic E-state index is 0.506. The van der Waals surface area contributed by atoms with Crippen LogP contribution in [-0.2, 0) is 0 Å². The van der Waals surface area contributed by atoms with Crippen LogP contribution in [0.25, 0.3) is 0 Å². The molecule has 2 heterocycles. The molecule has 2 N–H and O–H groups in total. The van der Waals surface area contributed by atoms with Gasteiger partial charge in [0, 0.05) is 12.6 Å². The number of nitrogens with zero attached hydrogens (tertiary/aromatic N) is 2. The highest BCUT2D eigenvalue weighted by molar-refractivity contribution is 5.35. The molecule has 1 aromatic heterocycles. The Morgan fingerprint density at radius 3 is 2.93 bits per heavy atom. The van der Waals surface area contributed by atoms with Crippen LogP contribution in [0.4, 0.5) is 5.82 Å². The minimum absolute atomic E-state index is 0.506. The Labute approximate surface area is 84.2 Å². The van der Waals surface area contributed by atoms with Gasteiger partial charge in [0.05, 0.1) is 17.6 Å². The van der Waals surface area contributed by atoms with Gasteiger partial charge in [-0.05, 0) is 26.8 Å². The molecule has 2 rings (SSSR count). The predicted molar refractivity (Wildman–Crippen MR) is 56.4 cm³/mol. The Hall–Kier alpha value is -1.16. The van der Waals surface area contributed by atoms with Crippen LogP contribution in [-0.4, -0.2) is 29.1 Å². The summed E-state index contributed by atoms with van der Waals surface area (Å²) in [4.78, 5) is 8.71. The molecule has 0 aliphatic carbocycles. The quantitative estimate of drug-likeness (QED) is 0.730. The van der Waals surface area contributed by atoms with Gasteiger partial charge in [0.2, 0.25) is 0 Å². The van der Waals surface area contributed by atoms with Gasteiger partial charge in [0.1, 0.15) is 5.82 Å². The van der Waals surface area contributed by atoms with E-state index >= 15 is 0 Å². The Kier molecular flexibility index (Phi) is 2.63. The summed E-state index contributed by atoms with van der Waals surface area (Å²) in [5, 5.41) is 6.68. The van der Waals surface area contributed by atoms with Crippen LogP contribution >= 0.6 is 0 Å². The maximum atomic E-state index is 4.43. The summed E-state index contributed by atoms with van der Waals surface area (Å²) in [5.41, 5.74) is 2.00. The summed E-state index contributed by atoms with van der Waals surface area (Å²) < 4.78 is 0. The third kappa shape index (κ3) is 2.01. The van der Waals surface area contributed by atoms with Gasteiger partial charge < -0.3 is 10.6 Å². The number of nitrogens with one attached hydrogen (secondary N) is 2. The van der Waals surface area contributed by atoms with Crippen LogP contribution in [0.3, 0.4) is 0 Å². The van der Waals surface area contributed by atoms with Gasteiger partial charge >= 0.3 is 0 Å². The first-order chi connectivity index (χ1) is 6.75. The van der Waals surface area contributed by atoms with Crippen LogP contribution in [0.5, 0.6) is 0 Å². The van der Waals surface area contributed by atoms with E-state index < -0.39 is 0 Å². The molecular weight excluding hydrogens is 176 g/mol. The molecule has 76 valence electrons. The van der Waals surface area contributed by atoms with Crippen molar-refractivity contribution in [3.63, 3.8) is 0 Å². The lowest BCUT2D eigenvalue weighted by Gasteiger charge is -2.12. The van der Waals surface area contributed by atoms with Crippen molar-refractivity contribution < 1.29 is 0 Å². The number of anilines is 1. The number of aryl methyl sites for hydroxylation is 2. The van der Waals surface area contributed by atoms with E-state index in [-0.39, 0.29) is 0 Å². The second-order valence-electron chi connectivity index (χ2n) is 3.76. The molecule has 0 amide bonds. The SMILES string of the molecule is Cc1ncc(NC2CCNC2)nc1C. The molecule has 1 fully saturated rings. The highest BCUT2D eigenvalue weighted by Gasteiger charge is 2.14. The lowest BCUT2D eigenvalue weighted by Crippen LogP contribution is -2.23. The number of aromatic nitrogens is 2. The van der Waals surface area contributed by atoms with Crippen molar-refractivity contribution in [1.29, 1.82) is 0 Å². The first kappa shape index (κ1) is 9.40. The van der Waals surface area contributed by atoms with Crippen LogP contribution in [0.1, 0.15) is 17.8 Å². The van der Waals surface area contributed by atoms with Crippen molar-refractivity contribution in [2.75, 3.05) is 18.4 Å². The molecule has 1 aromatic rings. The van der Waals surface area contributed by atoms with Crippen molar-refractivity contribution in [1.82, 2.24) is 15.3 Å². The summed E-state index contributed by atoms with van der Waals surface area (Å²) >= 11 is 0. The Bertz CT molecular complexity index is 318. The number of rotatable bonds is 2. The molecular formula is C10H16N4. The van der Waals surface area contributed by atoms with Crippen molar-refractivity contribution in [3.8, 4) is 0 Å². The Morgan fingerprint density at radius 2 is 2.29 bits per heavy atom. The third-order valence-corrected chi connectivity index (χ3v) is 2.60. The third-order valence-electron chi connectivity index (χ3n) is 2.60. The molecule has 1 saturated heterocycles. The number of hydrogen-bond acceptors (Lipinski definition) is 4. The second-order valence-corrected chi connectivity index (χ2v) is 3.76. The fourth-order valence-corrected chi connectivity index (χ4v) is 1.60. The fraction of sp³-hybridized carbons (Fsp3) is 0.600. The predicted octanol–water partition coefficient (Wildman–Crippen LogP) is 0.867. The van der Waals surface area contributed by atoms with E-state index in [1.807, 2.05) is 13.8 Å². The maximum Gasteiger partial charge on any atom is 0.145 e. The smallest absolute Gasteiger partial charge is 0.145 e. The van der Waals surface area contributed by atoms with Gasteiger partial charge in [-0.25, -0.2) is 4.98 Å². The zero-order valence-electron chi connectivity index (χ0n) is 8.67. The molecule has 14 heavy (non-hydrogen) atoms. The average molecular weight is 192 g/mol. The number of hydrogen-bond donors (Lipinski definition) is 2. The summed E-state index contributed by atoms with van der Waals surface area (Å²) in [6, 6.07) is 0.506. The first-order valence-corrected chi connectivity index (χ1v) is 5.03. The van der Waals surface area contributed by atoms with Gasteiger partial charge in [-0.1, -0.05) is 0 Å². The van der Waals surface area contributed by atoms with E-state index in [4.69, 9.17) is 0 Å². The van der Waals surface area contributed by atoms with Crippen molar-refractivity contribution in [2.24, 2.45) is 0 Å². The topological polar surface area (TPSA) is 49.8 Å². The van der Waals surface area contributed by atoms with E-state index in [2.05, 4.69) is 20.6 Å². The molecule has 1 aliphatic heterocycles. The molecule has 0 aromatic carbocycles. The minimum Gasteiger partial charge on any atom is -0.365 e. The van der Waals surface area contributed by atoms with Crippen molar-refractivity contribution in [3.05, 3.63) is 17.6 Å². The molecule has 0 bridgehead atoms. The zero-order valence-corrected chi connectivity index (χ0v) is 8.67. The normalized spacial score (nSPS) is 21.1. The summed E-state index contributed by atoms with van der Waals surface area (Å²) in [6.45, 7) is 6.08. The van der Waals surface area contributed by atoms with Crippen molar-refractivity contribution in [2.45, 2.75) is 26.3 Å². The van der Waals surface area contributed by atoms with E-state index in [0.717, 1.165) is 36.7 Å². The van der Waals surface area contributed by atoms with Crippen LogP contribution in [0, 0.1) is 13.8 Å². The van der Waals surface area contributed by atoms with Gasteiger partial charge in [0.25, 0.3) is 0 Å². The second kappa shape index (κ2) is 3.92. The highest BCUT2D eigenvalue weighted by Crippen LogP contribution is 2.09. The summed E-state index contributed by atoms with van der Waals surface area (Å²) in [6.07, 6.45) is 2.97. The summed E-state index contributed by atoms with van der Waals surface area (Å²) in [5.74, 6) is 0.891. The molecule has 0 saturated carbocycles. The average Bonchev–Trinajstić information content (AvgIpc) is 2.64. The van der Waals surface area contributed by atoms with Gasteiger partial charge in [-0.2, -0.15) is 0 Å². The maximum absolute atomic E-state index is 4.43. The molecule has 1 unspecified atom stereocenters. The zero-order chi connectivity index (χ0) is 9.97. The van der Waals surface area contributed by atoms with Crippen molar-refractivity contribution >= 4 is 5.82 Å². The lowest BCUT2D eigenvalue weighted by atomic mass is 10.2. The Balaban J connectivity index is 2.05. The largest absolute Gasteiger partial charge is 0.365 e. The van der Waals surface area contributed by atoms with Gasteiger partial charge in [-0.3, -0.25) is 4.98 Å². The molecule has 0 radical (unpaired) electrons. The Morgan fingerprint density at radius 1 is 1.43 bits per heavy atom.